The van der Waals surface area contributed by atoms with Gasteiger partial charge < -0.3 is 19.9 Å². The second kappa shape index (κ2) is 7.43. The summed E-state index contributed by atoms with van der Waals surface area (Å²) in [5.74, 6) is 0.181. The van der Waals surface area contributed by atoms with Crippen molar-refractivity contribution in [3.05, 3.63) is 29.3 Å². The number of methoxy groups -OCH3 is 1. The van der Waals surface area contributed by atoms with Crippen LogP contribution in [0.1, 0.15) is 11.1 Å². The van der Waals surface area contributed by atoms with Gasteiger partial charge in [-0.05, 0) is 18.6 Å². The molecule has 1 aliphatic rings. The summed E-state index contributed by atoms with van der Waals surface area (Å²) in [5, 5.41) is 3.38. The van der Waals surface area contributed by atoms with Gasteiger partial charge in [-0.2, -0.15) is 0 Å². The molecule has 0 saturated carbocycles. The fourth-order valence-corrected chi connectivity index (χ4v) is 2.53. The first kappa shape index (κ1) is 15.8. The predicted octanol–water partition coefficient (Wildman–Crippen LogP) is 1.01. The van der Waals surface area contributed by atoms with Crippen LogP contribution in [0.5, 0.6) is 0 Å². The first-order valence-corrected chi connectivity index (χ1v) is 7.40. The number of anilines is 1. The molecule has 0 spiro atoms. The molecule has 1 aliphatic heterocycles. The van der Waals surface area contributed by atoms with Crippen molar-refractivity contribution in [2.24, 2.45) is 0 Å². The first-order chi connectivity index (χ1) is 10.1. The molecule has 1 aromatic carbocycles. The lowest BCUT2D eigenvalue weighted by Gasteiger charge is -2.34. The van der Waals surface area contributed by atoms with Crippen LogP contribution in [-0.2, 0) is 16.1 Å². The van der Waals surface area contributed by atoms with Crippen molar-refractivity contribution in [1.82, 2.24) is 10.2 Å². The monoisotopic (exact) mass is 291 g/mol. The molecule has 0 unspecified atom stereocenters. The number of carbonyl (C=O) groups is 1. The smallest absolute Gasteiger partial charge is 0.241 e. The van der Waals surface area contributed by atoms with Crippen LogP contribution in [0.2, 0.25) is 0 Å². The molecule has 5 nitrogen and oxygen atoms in total. The second-order valence-corrected chi connectivity index (χ2v) is 5.54. The number of rotatable bonds is 6. The van der Waals surface area contributed by atoms with Gasteiger partial charge in [0, 0.05) is 46.0 Å². The molecule has 1 heterocycles. The number of hydrogen-bond donors (Lipinski definition) is 1. The molecule has 1 aromatic rings. The third-order valence-electron chi connectivity index (χ3n) is 3.83. The highest BCUT2D eigenvalue weighted by molar-refractivity contribution is 5.83. The van der Waals surface area contributed by atoms with E-state index in [2.05, 4.69) is 35.3 Å². The van der Waals surface area contributed by atoms with E-state index in [1.807, 2.05) is 7.05 Å². The molecule has 1 amide bonds. The topological polar surface area (TPSA) is 44.8 Å². The Bertz CT molecular complexity index is 490. The highest BCUT2D eigenvalue weighted by Crippen LogP contribution is 2.23. The molecule has 116 valence electrons. The maximum absolute atomic E-state index is 11.9. The number of aryl methyl sites for hydroxylation is 1. The Morgan fingerprint density at radius 1 is 1.33 bits per heavy atom. The number of carbonyl (C=O) groups excluding carboxylic acids is 1. The Hall–Kier alpha value is -1.59. The number of amides is 1. The molecule has 0 aliphatic carbocycles. The highest BCUT2D eigenvalue weighted by atomic mass is 16.5. The van der Waals surface area contributed by atoms with E-state index in [-0.39, 0.29) is 5.91 Å². The molecule has 2 rings (SSSR count). The van der Waals surface area contributed by atoms with E-state index in [0.717, 1.165) is 31.9 Å². The zero-order valence-corrected chi connectivity index (χ0v) is 13.2. The minimum absolute atomic E-state index is 0.181. The molecular weight excluding hydrogens is 266 g/mol. The number of piperazine rings is 1. The Kier molecular flexibility index (Phi) is 5.59. The highest BCUT2D eigenvalue weighted by Gasteiger charge is 2.22. The van der Waals surface area contributed by atoms with Gasteiger partial charge in [0.25, 0.3) is 0 Å². The number of benzene rings is 1. The SMILES string of the molecule is COCCNCc1cc(C)ccc1N1CCN(C)C(=O)C1. The molecule has 1 fully saturated rings. The summed E-state index contributed by atoms with van der Waals surface area (Å²) in [6.07, 6.45) is 0. The van der Waals surface area contributed by atoms with Crippen LogP contribution < -0.4 is 10.2 Å². The molecule has 1 saturated heterocycles. The Morgan fingerprint density at radius 3 is 2.86 bits per heavy atom. The van der Waals surface area contributed by atoms with E-state index in [9.17, 15) is 4.79 Å². The zero-order valence-electron chi connectivity index (χ0n) is 13.2. The number of nitrogens with zero attached hydrogens (tertiary/aromatic N) is 2. The number of ether oxygens (including phenoxy) is 1. The Morgan fingerprint density at radius 2 is 2.14 bits per heavy atom. The van der Waals surface area contributed by atoms with E-state index in [0.29, 0.717) is 13.2 Å². The van der Waals surface area contributed by atoms with Gasteiger partial charge in [-0.3, -0.25) is 4.79 Å². The number of hydrogen-bond acceptors (Lipinski definition) is 4. The molecule has 5 heteroatoms. The second-order valence-electron chi connectivity index (χ2n) is 5.54. The van der Waals surface area contributed by atoms with E-state index in [1.165, 1.54) is 11.1 Å². The lowest BCUT2D eigenvalue weighted by atomic mass is 10.1. The average molecular weight is 291 g/mol. The maximum Gasteiger partial charge on any atom is 0.241 e. The van der Waals surface area contributed by atoms with Crippen LogP contribution >= 0.6 is 0 Å². The minimum Gasteiger partial charge on any atom is -0.383 e. The van der Waals surface area contributed by atoms with E-state index >= 15 is 0 Å². The lowest BCUT2D eigenvalue weighted by molar-refractivity contribution is -0.129. The fourth-order valence-electron chi connectivity index (χ4n) is 2.53. The summed E-state index contributed by atoms with van der Waals surface area (Å²) in [7, 11) is 3.57. The molecule has 0 bridgehead atoms. The van der Waals surface area contributed by atoms with Crippen LogP contribution in [-0.4, -0.2) is 57.8 Å². The van der Waals surface area contributed by atoms with Gasteiger partial charge in [0.2, 0.25) is 5.91 Å². The van der Waals surface area contributed by atoms with Crippen LogP contribution in [0.3, 0.4) is 0 Å². The van der Waals surface area contributed by atoms with Crippen molar-refractivity contribution in [3.8, 4) is 0 Å². The van der Waals surface area contributed by atoms with E-state index in [1.54, 1.807) is 12.0 Å². The van der Waals surface area contributed by atoms with Crippen molar-refractivity contribution >= 4 is 11.6 Å². The zero-order chi connectivity index (χ0) is 15.2. The van der Waals surface area contributed by atoms with Gasteiger partial charge in [-0.25, -0.2) is 0 Å². The maximum atomic E-state index is 11.9. The van der Waals surface area contributed by atoms with Gasteiger partial charge in [-0.1, -0.05) is 17.7 Å². The molecule has 0 atom stereocenters. The van der Waals surface area contributed by atoms with Crippen molar-refractivity contribution in [3.63, 3.8) is 0 Å². The standard InChI is InChI=1S/C16H25N3O2/c1-13-4-5-15(14(10-13)11-17-6-9-21-3)19-8-7-18(2)16(20)12-19/h4-5,10,17H,6-9,11-12H2,1-3H3. The summed E-state index contributed by atoms with van der Waals surface area (Å²) in [6.45, 7) is 6.54. The first-order valence-electron chi connectivity index (χ1n) is 7.40. The molecule has 21 heavy (non-hydrogen) atoms. The summed E-state index contributed by atoms with van der Waals surface area (Å²) >= 11 is 0. The van der Waals surface area contributed by atoms with E-state index < -0.39 is 0 Å². The molecule has 0 aromatic heterocycles. The van der Waals surface area contributed by atoms with Crippen molar-refractivity contribution in [2.45, 2.75) is 13.5 Å². The van der Waals surface area contributed by atoms with Gasteiger partial charge in [0.05, 0.1) is 13.2 Å². The van der Waals surface area contributed by atoms with Crippen LogP contribution in [0, 0.1) is 6.92 Å². The van der Waals surface area contributed by atoms with Gasteiger partial charge >= 0.3 is 0 Å². The minimum atomic E-state index is 0.181. The quantitative estimate of drug-likeness (QED) is 0.795. The lowest BCUT2D eigenvalue weighted by Crippen LogP contribution is -2.48. The Balaban J connectivity index is 2.09. The van der Waals surface area contributed by atoms with E-state index in [4.69, 9.17) is 4.74 Å². The van der Waals surface area contributed by atoms with Crippen molar-refractivity contribution in [1.29, 1.82) is 0 Å². The predicted molar refractivity (Wildman–Crippen MR) is 84.6 cm³/mol. The van der Waals surface area contributed by atoms with Crippen molar-refractivity contribution in [2.75, 3.05) is 51.8 Å². The van der Waals surface area contributed by atoms with Gasteiger partial charge in [0.15, 0.2) is 0 Å². The fraction of sp³-hybridized carbons (Fsp3) is 0.562. The van der Waals surface area contributed by atoms with Crippen LogP contribution in [0.4, 0.5) is 5.69 Å². The third-order valence-corrected chi connectivity index (χ3v) is 3.83. The van der Waals surface area contributed by atoms with Gasteiger partial charge in [-0.15, -0.1) is 0 Å². The van der Waals surface area contributed by atoms with Crippen LogP contribution in [0.25, 0.3) is 0 Å². The number of nitrogens with one attached hydrogen (secondary N) is 1. The molecular formula is C16H25N3O2. The summed E-state index contributed by atoms with van der Waals surface area (Å²) in [5.41, 5.74) is 3.64. The van der Waals surface area contributed by atoms with Crippen molar-refractivity contribution < 1.29 is 9.53 Å². The molecule has 1 N–H and O–H groups in total. The summed E-state index contributed by atoms with van der Waals surface area (Å²) < 4.78 is 5.05. The summed E-state index contributed by atoms with van der Waals surface area (Å²) in [4.78, 5) is 15.9. The summed E-state index contributed by atoms with van der Waals surface area (Å²) in [6, 6.07) is 6.43. The Labute approximate surface area is 126 Å². The largest absolute Gasteiger partial charge is 0.383 e. The van der Waals surface area contributed by atoms with Crippen LogP contribution in [0.15, 0.2) is 18.2 Å². The average Bonchev–Trinajstić information content (AvgIpc) is 2.47. The molecule has 0 radical (unpaired) electrons. The number of likely N-dealkylation sites (N-methyl/N-ethyl adjacent to an activating group) is 1. The van der Waals surface area contributed by atoms with Gasteiger partial charge in [0.1, 0.15) is 0 Å². The normalized spacial score (nSPS) is 15.7. The third kappa shape index (κ3) is 4.19.